The quantitative estimate of drug-likeness (QED) is 0.650. The van der Waals surface area contributed by atoms with Crippen molar-refractivity contribution in [3.8, 4) is 0 Å². The second kappa shape index (κ2) is 9.05. The molecule has 1 amide bonds. The number of amides is 1. The number of ketones is 1. The largest absolute Gasteiger partial charge is 0.503 e. The van der Waals surface area contributed by atoms with Gasteiger partial charge in [-0.05, 0) is 44.3 Å². The van der Waals surface area contributed by atoms with Gasteiger partial charge in [-0.25, -0.2) is 4.39 Å². The minimum Gasteiger partial charge on any atom is -0.503 e. The zero-order chi connectivity index (χ0) is 21.0. The van der Waals surface area contributed by atoms with E-state index in [1.807, 2.05) is 0 Å². The Labute approximate surface area is 169 Å². The lowest BCUT2D eigenvalue weighted by Crippen LogP contribution is -2.35. The van der Waals surface area contributed by atoms with Gasteiger partial charge < -0.3 is 19.3 Å². The highest BCUT2D eigenvalue weighted by atomic mass is 19.1. The lowest BCUT2D eigenvalue weighted by molar-refractivity contribution is -0.129. The Kier molecular flexibility index (Phi) is 6.49. The molecule has 0 saturated carbocycles. The normalized spacial score (nSPS) is 16.9. The van der Waals surface area contributed by atoms with Crippen molar-refractivity contribution in [3.63, 3.8) is 0 Å². The summed E-state index contributed by atoms with van der Waals surface area (Å²) in [7, 11) is 0. The molecule has 0 aliphatic carbocycles. The fourth-order valence-corrected chi connectivity index (χ4v) is 3.68. The van der Waals surface area contributed by atoms with Crippen LogP contribution in [0.1, 0.15) is 42.4 Å². The van der Waals surface area contributed by atoms with E-state index in [9.17, 15) is 19.1 Å². The topological polar surface area (TPSA) is 74.0 Å². The van der Waals surface area contributed by atoms with Crippen molar-refractivity contribution in [2.24, 2.45) is 0 Å². The summed E-state index contributed by atoms with van der Waals surface area (Å²) in [5, 5.41) is 10.5. The Hall–Kier alpha value is -2.93. The number of carbonyl (C=O) groups excluding carboxylic acids is 2. The molecule has 2 aromatic rings. The van der Waals surface area contributed by atoms with Gasteiger partial charge in [0.25, 0.3) is 5.91 Å². The molecule has 1 aromatic carbocycles. The lowest BCUT2D eigenvalue weighted by atomic mass is 9.94. The molecule has 6 nitrogen and oxygen atoms in total. The van der Waals surface area contributed by atoms with Gasteiger partial charge in [-0.15, -0.1) is 0 Å². The Morgan fingerprint density at radius 1 is 1.21 bits per heavy atom. The molecule has 0 bridgehead atoms. The summed E-state index contributed by atoms with van der Waals surface area (Å²) < 4.78 is 19.8. The second-order valence-electron chi connectivity index (χ2n) is 6.87. The van der Waals surface area contributed by atoms with Crippen LogP contribution in [0.2, 0.25) is 0 Å². The Balaban J connectivity index is 1.95. The highest BCUT2D eigenvalue weighted by molar-refractivity contribution is 6.15. The van der Waals surface area contributed by atoms with Gasteiger partial charge in [0, 0.05) is 12.1 Å². The zero-order valence-electron chi connectivity index (χ0n) is 16.6. The maximum Gasteiger partial charge on any atom is 0.290 e. The standard InChI is InChI=1S/C22H25FN2O4/c1-3-24(4-2)12-8-13-25-19(15-9-5-6-10-16(15)23)18(21(27)22(25)28)20(26)17-11-7-14-29-17/h5-7,9-11,14,19,27H,3-4,8,12-13H2,1-2H3. The molecular formula is C22H25FN2O4. The van der Waals surface area contributed by atoms with Gasteiger partial charge in [0.2, 0.25) is 5.78 Å². The van der Waals surface area contributed by atoms with Crippen LogP contribution < -0.4 is 0 Å². The molecule has 1 unspecified atom stereocenters. The zero-order valence-corrected chi connectivity index (χ0v) is 16.6. The van der Waals surface area contributed by atoms with Crippen LogP contribution in [0.5, 0.6) is 0 Å². The predicted molar refractivity (Wildman–Crippen MR) is 106 cm³/mol. The first-order valence-electron chi connectivity index (χ1n) is 9.78. The molecule has 0 fully saturated rings. The maximum atomic E-state index is 14.6. The molecule has 1 atom stereocenters. The molecule has 0 saturated heterocycles. The minimum atomic E-state index is -1.00. The van der Waals surface area contributed by atoms with Gasteiger partial charge in [0.1, 0.15) is 5.82 Å². The highest BCUT2D eigenvalue weighted by Crippen LogP contribution is 2.40. The molecule has 1 aliphatic rings. The van der Waals surface area contributed by atoms with Crippen LogP contribution in [0.3, 0.4) is 0 Å². The first-order valence-corrected chi connectivity index (χ1v) is 9.78. The van der Waals surface area contributed by atoms with Gasteiger partial charge in [0.15, 0.2) is 11.5 Å². The minimum absolute atomic E-state index is 0.00863. The molecule has 1 N–H and O–H groups in total. The number of aliphatic hydroxyl groups excluding tert-OH is 1. The second-order valence-corrected chi connectivity index (χ2v) is 6.87. The fourth-order valence-electron chi connectivity index (χ4n) is 3.68. The number of nitrogens with zero attached hydrogens (tertiary/aromatic N) is 2. The third kappa shape index (κ3) is 4.10. The molecule has 29 heavy (non-hydrogen) atoms. The van der Waals surface area contributed by atoms with E-state index in [4.69, 9.17) is 4.42 Å². The van der Waals surface area contributed by atoms with E-state index in [1.54, 1.807) is 12.1 Å². The van der Waals surface area contributed by atoms with E-state index in [-0.39, 0.29) is 23.4 Å². The molecule has 0 radical (unpaired) electrons. The molecule has 2 heterocycles. The van der Waals surface area contributed by atoms with Crippen molar-refractivity contribution in [3.05, 3.63) is 71.1 Å². The average molecular weight is 400 g/mol. The molecular weight excluding hydrogens is 375 g/mol. The van der Waals surface area contributed by atoms with Gasteiger partial charge in [-0.2, -0.15) is 0 Å². The molecule has 154 valence electrons. The Morgan fingerprint density at radius 2 is 1.93 bits per heavy atom. The summed E-state index contributed by atoms with van der Waals surface area (Å²) in [6.45, 7) is 6.91. The number of benzene rings is 1. The number of hydrogen-bond acceptors (Lipinski definition) is 5. The Morgan fingerprint density at radius 3 is 2.55 bits per heavy atom. The number of carbonyl (C=O) groups is 2. The van der Waals surface area contributed by atoms with Crippen molar-refractivity contribution in [2.45, 2.75) is 26.3 Å². The van der Waals surface area contributed by atoms with E-state index in [1.165, 1.54) is 35.4 Å². The van der Waals surface area contributed by atoms with Crippen molar-refractivity contribution in [2.75, 3.05) is 26.2 Å². The fraction of sp³-hybridized carbons (Fsp3) is 0.364. The third-order valence-corrected chi connectivity index (χ3v) is 5.26. The van der Waals surface area contributed by atoms with Gasteiger partial charge in [-0.3, -0.25) is 9.59 Å². The summed E-state index contributed by atoms with van der Waals surface area (Å²) in [5.74, 6) is -2.50. The summed E-state index contributed by atoms with van der Waals surface area (Å²) >= 11 is 0. The van der Waals surface area contributed by atoms with E-state index < -0.39 is 29.3 Å². The van der Waals surface area contributed by atoms with Crippen LogP contribution in [-0.2, 0) is 4.79 Å². The smallest absolute Gasteiger partial charge is 0.290 e. The Bertz CT molecular complexity index is 903. The summed E-state index contributed by atoms with van der Waals surface area (Å²) in [5.41, 5.74) is 0.0144. The summed E-state index contributed by atoms with van der Waals surface area (Å²) in [6.07, 6.45) is 1.97. The van der Waals surface area contributed by atoms with E-state index in [2.05, 4.69) is 18.7 Å². The molecule has 1 aromatic heterocycles. The number of furan rings is 1. The molecule has 0 spiro atoms. The van der Waals surface area contributed by atoms with Gasteiger partial charge >= 0.3 is 0 Å². The number of Topliss-reactive ketones (excluding diaryl/α,β-unsaturated/α-hetero) is 1. The lowest BCUT2D eigenvalue weighted by Gasteiger charge is -2.28. The number of aliphatic hydroxyl groups is 1. The van der Waals surface area contributed by atoms with E-state index >= 15 is 0 Å². The van der Waals surface area contributed by atoms with E-state index in [0.29, 0.717) is 6.42 Å². The highest BCUT2D eigenvalue weighted by Gasteiger charge is 2.45. The number of rotatable bonds is 9. The molecule has 1 aliphatic heterocycles. The number of halogens is 1. The maximum absolute atomic E-state index is 14.6. The van der Waals surface area contributed by atoms with Crippen LogP contribution in [0, 0.1) is 5.82 Å². The van der Waals surface area contributed by atoms with Crippen LogP contribution in [0.25, 0.3) is 0 Å². The predicted octanol–water partition coefficient (Wildman–Crippen LogP) is 3.73. The first kappa shape index (κ1) is 20.8. The molecule has 3 rings (SSSR count). The summed E-state index contributed by atoms with van der Waals surface area (Å²) in [6, 6.07) is 7.98. The summed E-state index contributed by atoms with van der Waals surface area (Å²) in [4.78, 5) is 29.3. The molecule has 7 heteroatoms. The van der Waals surface area contributed by atoms with Gasteiger partial charge in [-0.1, -0.05) is 32.0 Å². The average Bonchev–Trinajstić information content (AvgIpc) is 3.34. The number of hydrogen-bond donors (Lipinski definition) is 1. The van der Waals surface area contributed by atoms with Crippen molar-refractivity contribution >= 4 is 11.7 Å². The first-order chi connectivity index (χ1) is 14.0. The van der Waals surface area contributed by atoms with Gasteiger partial charge in [0.05, 0.1) is 17.9 Å². The van der Waals surface area contributed by atoms with Crippen LogP contribution >= 0.6 is 0 Å². The van der Waals surface area contributed by atoms with Crippen molar-refractivity contribution in [1.82, 2.24) is 9.80 Å². The van der Waals surface area contributed by atoms with E-state index in [0.717, 1.165) is 19.6 Å². The van der Waals surface area contributed by atoms with Crippen molar-refractivity contribution < 1.29 is 23.5 Å². The van der Waals surface area contributed by atoms with Crippen LogP contribution in [-0.4, -0.2) is 52.8 Å². The van der Waals surface area contributed by atoms with Crippen LogP contribution in [0.15, 0.2) is 58.4 Å². The van der Waals surface area contributed by atoms with Crippen LogP contribution in [0.4, 0.5) is 4.39 Å². The SMILES string of the molecule is CCN(CC)CCCN1C(=O)C(O)=C(C(=O)c2ccco2)C1c1ccccc1F. The van der Waals surface area contributed by atoms with Crippen molar-refractivity contribution in [1.29, 1.82) is 0 Å². The third-order valence-electron chi connectivity index (χ3n) is 5.26. The monoisotopic (exact) mass is 400 g/mol.